The van der Waals surface area contributed by atoms with Gasteiger partial charge in [0.1, 0.15) is 0 Å². The third-order valence-corrected chi connectivity index (χ3v) is 5.49. The van der Waals surface area contributed by atoms with E-state index in [2.05, 4.69) is 6.92 Å². The van der Waals surface area contributed by atoms with Crippen LogP contribution in [-0.2, 0) is 11.2 Å². The summed E-state index contributed by atoms with van der Waals surface area (Å²) in [7, 11) is 0. The summed E-state index contributed by atoms with van der Waals surface area (Å²) in [4.78, 5) is 14.4. The molecule has 2 fully saturated rings. The molecule has 0 bridgehead atoms. The first-order valence-corrected chi connectivity index (χ1v) is 8.13. The van der Waals surface area contributed by atoms with Gasteiger partial charge in [0.15, 0.2) is 0 Å². The Balaban J connectivity index is 1.60. The molecule has 1 aromatic rings. The zero-order chi connectivity index (χ0) is 14.9. The molecule has 0 aromatic heterocycles. The summed E-state index contributed by atoms with van der Waals surface area (Å²) in [5.74, 6) is 0.818. The Labute approximate surface area is 127 Å². The number of likely N-dealkylation sites (tertiary alicyclic amines) is 1. The molecule has 1 aromatic carbocycles. The number of piperidine rings is 1. The Morgan fingerprint density at radius 2 is 2.05 bits per heavy atom. The highest BCUT2D eigenvalue weighted by Gasteiger charge is 2.47. The van der Waals surface area contributed by atoms with Gasteiger partial charge in [0.25, 0.3) is 0 Å². The topological polar surface area (TPSA) is 40.5 Å². The van der Waals surface area contributed by atoms with Crippen LogP contribution in [0.1, 0.15) is 38.2 Å². The van der Waals surface area contributed by atoms with Crippen LogP contribution in [0.2, 0.25) is 0 Å². The fraction of sp³-hybridized carbons (Fsp3) is 0.611. The molecule has 0 unspecified atom stereocenters. The minimum Gasteiger partial charge on any atom is -0.389 e. The zero-order valence-electron chi connectivity index (χ0n) is 12.8. The molecule has 1 aliphatic heterocycles. The van der Waals surface area contributed by atoms with Crippen LogP contribution >= 0.6 is 0 Å². The van der Waals surface area contributed by atoms with Crippen LogP contribution in [0.3, 0.4) is 0 Å². The molecule has 3 nitrogen and oxygen atoms in total. The lowest BCUT2D eigenvalue weighted by Crippen LogP contribution is -2.57. The molecule has 21 heavy (non-hydrogen) atoms. The number of hydrogen-bond acceptors (Lipinski definition) is 2. The van der Waals surface area contributed by atoms with E-state index in [1.54, 1.807) is 0 Å². The van der Waals surface area contributed by atoms with Crippen molar-refractivity contribution in [2.75, 3.05) is 13.1 Å². The van der Waals surface area contributed by atoms with Crippen molar-refractivity contribution in [1.82, 2.24) is 4.90 Å². The third kappa shape index (κ3) is 2.84. The van der Waals surface area contributed by atoms with Gasteiger partial charge in [0, 0.05) is 19.0 Å². The number of hydrogen-bond donors (Lipinski definition) is 1. The summed E-state index contributed by atoms with van der Waals surface area (Å²) in [6.45, 7) is 3.49. The first-order chi connectivity index (χ1) is 10.1. The van der Waals surface area contributed by atoms with Gasteiger partial charge < -0.3 is 10.0 Å². The number of benzene rings is 1. The van der Waals surface area contributed by atoms with E-state index in [0.29, 0.717) is 25.4 Å². The molecule has 1 N–H and O–H groups in total. The maximum absolute atomic E-state index is 12.4. The quantitative estimate of drug-likeness (QED) is 0.928. The van der Waals surface area contributed by atoms with E-state index in [4.69, 9.17) is 0 Å². The van der Waals surface area contributed by atoms with Crippen LogP contribution in [0.15, 0.2) is 30.3 Å². The summed E-state index contributed by atoms with van der Waals surface area (Å²) in [6.07, 6.45) is 4.75. The van der Waals surface area contributed by atoms with E-state index < -0.39 is 5.60 Å². The lowest BCUT2D eigenvalue weighted by molar-refractivity contribution is -0.150. The Morgan fingerprint density at radius 1 is 1.33 bits per heavy atom. The Kier molecular flexibility index (Phi) is 4.03. The van der Waals surface area contributed by atoms with Crippen LogP contribution in [0.25, 0.3) is 0 Å². The van der Waals surface area contributed by atoms with Gasteiger partial charge in [-0.05, 0) is 30.7 Å². The number of carbonyl (C=O) groups excluding carboxylic acids is 1. The van der Waals surface area contributed by atoms with Crippen LogP contribution in [0, 0.1) is 11.8 Å². The van der Waals surface area contributed by atoms with E-state index in [9.17, 15) is 9.90 Å². The Morgan fingerprint density at radius 3 is 2.62 bits per heavy atom. The van der Waals surface area contributed by atoms with Crippen molar-refractivity contribution in [1.29, 1.82) is 0 Å². The van der Waals surface area contributed by atoms with Crippen LogP contribution in [0.5, 0.6) is 0 Å². The van der Waals surface area contributed by atoms with Crippen LogP contribution in [-0.4, -0.2) is 34.6 Å². The molecular weight excluding hydrogens is 262 g/mol. The number of carbonyl (C=O) groups is 1. The molecule has 2 aliphatic rings. The Bertz CT molecular complexity index is 497. The molecule has 1 amide bonds. The van der Waals surface area contributed by atoms with Gasteiger partial charge in [-0.3, -0.25) is 4.79 Å². The monoisotopic (exact) mass is 287 g/mol. The van der Waals surface area contributed by atoms with Crippen molar-refractivity contribution >= 4 is 5.91 Å². The van der Waals surface area contributed by atoms with Crippen LogP contribution in [0.4, 0.5) is 0 Å². The summed E-state index contributed by atoms with van der Waals surface area (Å²) < 4.78 is 0. The minimum atomic E-state index is -0.540. The smallest absolute Gasteiger partial charge is 0.227 e. The van der Waals surface area contributed by atoms with E-state index in [1.165, 1.54) is 6.42 Å². The SMILES string of the molecule is C[C@@H]1CN(C(=O)Cc2ccccc2)CC[C@@]1(O)C1CCC1. The van der Waals surface area contributed by atoms with Crippen molar-refractivity contribution < 1.29 is 9.90 Å². The van der Waals surface area contributed by atoms with Crippen molar-refractivity contribution in [3.8, 4) is 0 Å². The van der Waals surface area contributed by atoms with Crippen molar-refractivity contribution in [3.63, 3.8) is 0 Å². The fourth-order valence-corrected chi connectivity index (χ4v) is 3.76. The van der Waals surface area contributed by atoms with Crippen molar-refractivity contribution in [2.24, 2.45) is 11.8 Å². The van der Waals surface area contributed by atoms with Crippen molar-refractivity contribution in [3.05, 3.63) is 35.9 Å². The van der Waals surface area contributed by atoms with Gasteiger partial charge >= 0.3 is 0 Å². The summed E-state index contributed by atoms with van der Waals surface area (Å²) in [5, 5.41) is 10.9. The number of nitrogens with zero attached hydrogens (tertiary/aromatic N) is 1. The summed E-state index contributed by atoms with van der Waals surface area (Å²) in [6, 6.07) is 9.90. The number of aliphatic hydroxyl groups is 1. The van der Waals surface area contributed by atoms with E-state index in [-0.39, 0.29) is 11.8 Å². The number of amides is 1. The predicted molar refractivity (Wildman–Crippen MR) is 82.8 cm³/mol. The average molecular weight is 287 g/mol. The standard InChI is InChI=1S/C18H25NO2/c1-14-13-19(11-10-18(14,21)16-8-5-9-16)17(20)12-15-6-3-2-4-7-15/h2-4,6-7,14,16,21H,5,8-13H2,1H3/t14-,18+/m1/s1. The highest BCUT2D eigenvalue weighted by atomic mass is 16.3. The van der Waals surface area contributed by atoms with Gasteiger partial charge in [-0.15, -0.1) is 0 Å². The van der Waals surface area contributed by atoms with Crippen molar-refractivity contribution in [2.45, 2.75) is 44.6 Å². The Hall–Kier alpha value is -1.35. The molecule has 114 valence electrons. The first kappa shape index (κ1) is 14.6. The normalized spacial score (nSPS) is 30.0. The fourth-order valence-electron chi connectivity index (χ4n) is 3.76. The van der Waals surface area contributed by atoms with E-state index in [1.807, 2.05) is 35.2 Å². The maximum Gasteiger partial charge on any atom is 0.227 e. The second-order valence-corrected chi connectivity index (χ2v) is 6.77. The lowest BCUT2D eigenvalue weighted by Gasteiger charge is -2.50. The van der Waals surface area contributed by atoms with Crippen LogP contribution < -0.4 is 0 Å². The minimum absolute atomic E-state index is 0.177. The molecule has 3 rings (SSSR count). The van der Waals surface area contributed by atoms with Gasteiger partial charge in [0.05, 0.1) is 12.0 Å². The first-order valence-electron chi connectivity index (χ1n) is 8.13. The average Bonchev–Trinajstić information content (AvgIpc) is 2.41. The van der Waals surface area contributed by atoms with E-state index >= 15 is 0 Å². The number of rotatable bonds is 3. The van der Waals surface area contributed by atoms with Gasteiger partial charge in [0.2, 0.25) is 5.91 Å². The second-order valence-electron chi connectivity index (χ2n) is 6.77. The summed E-state index contributed by atoms with van der Waals surface area (Å²) in [5.41, 5.74) is 0.525. The maximum atomic E-state index is 12.4. The molecule has 1 aliphatic carbocycles. The highest BCUT2D eigenvalue weighted by molar-refractivity contribution is 5.78. The predicted octanol–water partition coefficient (Wildman–Crippen LogP) is 2.63. The third-order valence-electron chi connectivity index (χ3n) is 5.49. The largest absolute Gasteiger partial charge is 0.389 e. The molecule has 1 heterocycles. The van der Waals surface area contributed by atoms with E-state index in [0.717, 1.165) is 24.8 Å². The summed E-state index contributed by atoms with van der Waals surface area (Å²) >= 11 is 0. The van der Waals surface area contributed by atoms with Gasteiger partial charge in [-0.25, -0.2) is 0 Å². The highest BCUT2D eigenvalue weighted by Crippen LogP contribution is 2.44. The lowest BCUT2D eigenvalue weighted by atomic mass is 9.65. The molecule has 3 heteroatoms. The molecular formula is C18H25NO2. The second kappa shape index (κ2) is 5.80. The molecule has 1 saturated heterocycles. The molecule has 0 spiro atoms. The van der Waals surface area contributed by atoms with Gasteiger partial charge in [-0.1, -0.05) is 43.7 Å². The van der Waals surface area contributed by atoms with Gasteiger partial charge in [-0.2, -0.15) is 0 Å². The molecule has 2 atom stereocenters. The zero-order valence-corrected chi connectivity index (χ0v) is 12.8. The molecule has 0 radical (unpaired) electrons. The molecule has 1 saturated carbocycles.